The van der Waals surface area contributed by atoms with Gasteiger partial charge in [-0.2, -0.15) is 0 Å². The van der Waals surface area contributed by atoms with E-state index in [2.05, 4.69) is 21.7 Å². The van der Waals surface area contributed by atoms with E-state index in [0.717, 1.165) is 29.9 Å². The van der Waals surface area contributed by atoms with Crippen molar-refractivity contribution in [1.29, 1.82) is 0 Å². The van der Waals surface area contributed by atoms with E-state index in [-0.39, 0.29) is 18.1 Å². The van der Waals surface area contributed by atoms with Crippen molar-refractivity contribution in [1.82, 2.24) is 19.7 Å². The van der Waals surface area contributed by atoms with Crippen molar-refractivity contribution < 1.29 is 18.0 Å². The number of aryl methyl sites for hydroxylation is 1. The Bertz CT molecular complexity index is 1210. The third-order valence-electron chi connectivity index (χ3n) is 5.59. The molecule has 0 unspecified atom stereocenters. The van der Waals surface area contributed by atoms with Crippen molar-refractivity contribution in [3.05, 3.63) is 83.0 Å². The lowest BCUT2D eigenvalue weighted by molar-refractivity contribution is 0.0918. The number of hydrogen-bond donors (Lipinski definition) is 0. The molecule has 0 bridgehead atoms. The molecule has 0 spiro atoms. The van der Waals surface area contributed by atoms with Gasteiger partial charge in [-0.1, -0.05) is 19.1 Å². The van der Waals surface area contributed by atoms with E-state index in [0.29, 0.717) is 36.2 Å². The number of furan rings is 1. The fourth-order valence-electron chi connectivity index (χ4n) is 3.93. The number of carbonyl (C=O) groups excluding carboxylic acids is 1. The van der Waals surface area contributed by atoms with E-state index in [1.54, 1.807) is 30.5 Å². The minimum absolute atomic E-state index is 0.0349. The molecule has 172 valence electrons. The van der Waals surface area contributed by atoms with Crippen LogP contribution in [0.5, 0.6) is 0 Å². The quantitative estimate of drug-likeness (QED) is 0.315. The Morgan fingerprint density at radius 2 is 1.94 bits per heavy atom. The molecule has 7 nitrogen and oxygen atoms in total. The van der Waals surface area contributed by atoms with E-state index < -0.39 is 0 Å². The molecule has 33 heavy (non-hydrogen) atoms. The Balaban J connectivity index is 1.46. The zero-order chi connectivity index (χ0) is 23.4. The Morgan fingerprint density at radius 1 is 1.15 bits per heavy atom. The van der Waals surface area contributed by atoms with Crippen LogP contribution < -0.4 is 0 Å². The van der Waals surface area contributed by atoms with E-state index >= 15 is 0 Å². The van der Waals surface area contributed by atoms with Crippen LogP contribution in [-0.2, 0) is 13.1 Å². The molecule has 0 fully saturated rings. The van der Waals surface area contributed by atoms with Gasteiger partial charge in [0, 0.05) is 23.5 Å². The molecule has 4 aromatic rings. The molecular weight excluding hydrogens is 423 g/mol. The van der Waals surface area contributed by atoms with Crippen LogP contribution in [0.1, 0.15) is 46.5 Å². The summed E-state index contributed by atoms with van der Waals surface area (Å²) in [5, 5.41) is 8.14. The van der Waals surface area contributed by atoms with Gasteiger partial charge in [-0.3, -0.25) is 9.69 Å². The minimum Gasteiger partial charge on any atom is -0.459 e. The van der Waals surface area contributed by atoms with Crippen LogP contribution >= 0.6 is 0 Å². The number of benzene rings is 1. The fraction of sp³-hybridized carbons (Fsp3) is 0.320. The predicted octanol–water partition coefficient (Wildman–Crippen LogP) is 5.03. The predicted molar refractivity (Wildman–Crippen MR) is 121 cm³/mol. The number of halogens is 1. The van der Waals surface area contributed by atoms with Gasteiger partial charge >= 0.3 is 0 Å². The highest BCUT2D eigenvalue weighted by atomic mass is 19.1. The van der Waals surface area contributed by atoms with Gasteiger partial charge in [0.2, 0.25) is 5.89 Å². The first-order valence-electron chi connectivity index (χ1n) is 11.0. The lowest BCUT2D eigenvalue weighted by Gasteiger charge is -2.19. The first kappa shape index (κ1) is 22.7. The van der Waals surface area contributed by atoms with Crippen molar-refractivity contribution in [3.63, 3.8) is 0 Å². The van der Waals surface area contributed by atoms with Gasteiger partial charge in [0.25, 0.3) is 5.89 Å². The van der Waals surface area contributed by atoms with Gasteiger partial charge < -0.3 is 13.4 Å². The number of carbonyl (C=O) groups is 1. The molecular formula is C25H27FN4O3. The van der Waals surface area contributed by atoms with Gasteiger partial charge in [-0.05, 0) is 62.7 Å². The van der Waals surface area contributed by atoms with Crippen LogP contribution in [0, 0.1) is 19.7 Å². The SMILES string of the molecule is CCCN(CC(=O)c1cc(C)n(Cc2ccc(F)cc2)c1C)Cc1nnc(-c2ccco2)o1. The molecule has 0 radical (unpaired) electrons. The molecule has 0 N–H and O–H groups in total. The minimum atomic E-state index is -0.260. The van der Waals surface area contributed by atoms with Gasteiger partial charge in [0.1, 0.15) is 5.82 Å². The highest BCUT2D eigenvalue weighted by molar-refractivity contribution is 5.99. The van der Waals surface area contributed by atoms with Crippen LogP contribution in [0.4, 0.5) is 4.39 Å². The largest absolute Gasteiger partial charge is 0.459 e. The molecule has 0 amide bonds. The van der Waals surface area contributed by atoms with Crippen LogP contribution in [0.15, 0.2) is 57.6 Å². The molecule has 1 aromatic carbocycles. The lowest BCUT2D eigenvalue weighted by Crippen LogP contribution is -2.30. The van der Waals surface area contributed by atoms with Crippen molar-refractivity contribution in [2.75, 3.05) is 13.1 Å². The van der Waals surface area contributed by atoms with Gasteiger partial charge in [-0.25, -0.2) is 4.39 Å². The summed E-state index contributed by atoms with van der Waals surface area (Å²) < 4.78 is 26.3. The van der Waals surface area contributed by atoms with E-state index in [1.807, 2.05) is 24.8 Å². The molecule has 4 rings (SSSR count). The standard InChI is InChI=1S/C25H27FN4O3/c1-4-11-29(16-24-27-28-25(33-24)23-6-5-12-32-23)15-22(31)21-13-17(2)30(18(21)3)14-19-7-9-20(26)10-8-19/h5-10,12-13H,4,11,14-16H2,1-3H3. The summed E-state index contributed by atoms with van der Waals surface area (Å²) in [4.78, 5) is 15.2. The van der Waals surface area contributed by atoms with Gasteiger partial charge in [-0.15, -0.1) is 10.2 Å². The zero-order valence-corrected chi connectivity index (χ0v) is 19.0. The summed E-state index contributed by atoms with van der Waals surface area (Å²) in [5.74, 6) is 1.05. The molecule has 3 heterocycles. The van der Waals surface area contributed by atoms with Crippen molar-refractivity contribution >= 4 is 5.78 Å². The molecule has 0 aliphatic carbocycles. The molecule has 0 saturated carbocycles. The molecule has 0 aliphatic rings. The number of hydrogen-bond acceptors (Lipinski definition) is 6. The highest BCUT2D eigenvalue weighted by Crippen LogP contribution is 2.21. The van der Waals surface area contributed by atoms with Crippen molar-refractivity contribution in [2.45, 2.75) is 40.3 Å². The second kappa shape index (κ2) is 9.95. The zero-order valence-electron chi connectivity index (χ0n) is 19.0. The Hall–Kier alpha value is -3.52. The smallest absolute Gasteiger partial charge is 0.283 e. The van der Waals surface area contributed by atoms with Crippen LogP contribution in [0.25, 0.3) is 11.7 Å². The molecule has 0 atom stereocenters. The fourth-order valence-corrected chi connectivity index (χ4v) is 3.93. The Morgan fingerprint density at radius 3 is 2.64 bits per heavy atom. The number of Topliss-reactive ketones (excluding diaryl/α,β-unsaturated/α-hetero) is 1. The van der Waals surface area contributed by atoms with Gasteiger partial charge in [0.05, 0.1) is 19.4 Å². The average molecular weight is 451 g/mol. The molecule has 3 aromatic heterocycles. The second-order valence-corrected chi connectivity index (χ2v) is 8.11. The number of aromatic nitrogens is 3. The summed E-state index contributed by atoms with van der Waals surface area (Å²) in [5.41, 5.74) is 3.56. The molecule has 8 heteroatoms. The maximum absolute atomic E-state index is 13.2. The van der Waals surface area contributed by atoms with Crippen LogP contribution in [0.2, 0.25) is 0 Å². The maximum Gasteiger partial charge on any atom is 0.283 e. The third kappa shape index (κ3) is 5.28. The normalized spacial score (nSPS) is 11.4. The Labute approximate surface area is 191 Å². The summed E-state index contributed by atoms with van der Waals surface area (Å²) in [7, 11) is 0. The van der Waals surface area contributed by atoms with E-state index in [4.69, 9.17) is 8.83 Å². The maximum atomic E-state index is 13.2. The summed E-state index contributed by atoms with van der Waals surface area (Å²) in [6.45, 7) is 7.91. The van der Waals surface area contributed by atoms with Gasteiger partial charge in [0.15, 0.2) is 11.5 Å². The summed E-state index contributed by atoms with van der Waals surface area (Å²) in [6.07, 6.45) is 2.43. The Kier molecular flexibility index (Phi) is 6.84. The molecule has 0 aliphatic heterocycles. The lowest BCUT2D eigenvalue weighted by atomic mass is 10.1. The highest BCUT2D eigenvalue weighted by Gasteiger charge is 2.20. The first-order chi connectivity index (χ1) is 15.9. The summed E-state index contributed by atoms with van der Waals surface area (Å²) in [6, 6.07) is 11.9. The topological polar surface area (TPSA) is 77.3 Å². The average Bonchev–Trinajstić information content (AvgIpc) is 3.53. The van der Waals surface area contributed by atoms with E-state index in [9.17, 15) is 9.18 Å². The summed E-state index contributed by atoms with van der Waals surface area (Å²) >= 11 is 0. The van der Waals surface area contributed by atoms with E-state index in [1.165, 1.54) is 12.1 Å². The first-order valence-corrected chi connectivity index (χ1v) is 11.0. The van der Waals surface area contributed by atoms with Crippen molar-refractivity contribution in [2.24, 2.45) is 0 Å². The number of rotatable bonds is 10. The van der Waals surface area contributed by atoms with Crippen LogP contribution in [-0.4, -0.2) is 38.5 Å². The number of nitrogens with zero attached hydrogens (tertiary/aromatic N) is 4. The van der Waals surface area contributed by atoms with Crippen molar-refractivity contribution in [3.8, 4) is 11.7 Å². The number of ketones is 1. The third-order valence-corrected chi connectivity index (χ3v) is 5.59. The van der Waals surface area contributed by atoms with Crippen LogP contribution in [0.3, 0.4) is 0 Å². The molecule has 0 saturated heterocycles. The monoisotopic (exact) mass is 450 g/mol. The second-order valence-electron chi connectivity index (χ2n) is 8.11.